The number of esters is 1. The zero-order valence-corrected chi connectivity index (χ0v) is 15.9. The zero-order valence-electron chi connectivity index (χ0n) is 15.9. The minimum Gasteiger partial charge on any atom is -0.466 e. The minimum atomic E-state index is -0.917. The third kappa shape index (κ3) is 4.81. The van der Waals surface area contributed by atoms with Crippen LogP contribution in [0, 0.1) is 5.82 Å². The Bertz CT molecular complexity index is 752. The first-order valence-electron chi connectivity index (χ1n) is 8.90. The normalized spacial score (nSPS) is 12.4. The molecule has 2 aromatic rings. The van der Waals surface area contributed by atoms with E-state index in [9.17, 15) is 9.18 Å². The lowest BCUT2D eigenvalue weighted by atomic mass is 9.89. The number of carbonyl (C=O) groups is 1. The van der Waals surface area contributed by atoms with E-state index in [0.717, 1.165) is 5.56 Å². The molecule has 0 N–H and O–H groups in total. The van der Waals surface area contributed by atoms with Gasteiger partial charge in [0, 0.05) is 0 Å². The Hall–Kier alpha value is -2.50. The smallest absolute Gasteiger partial charge is 0.336 e. The van der Waals surface area contributed by atoms with Gasteiger partial charge in [0.2, 0.25) is 0 Å². The molecule has 0 saturated carbocycles. The minimum absolute atomic E-state index is 0.0678. The highest BCUT2D eigenvalue weighted by atomic mass is 19.1. The van der Waals surface area contributed by atoms with E-state index in [1.807, 2.05) is 44.2 Å². The topological polar surface area (TPSA) is 44.8 Å². The van der Waals surface area contributed by atoms with Crippen molar-refractivity contribution in [2.75, 3.05) is 7.11 Å². The molecule has 0 aliphatic carbocycles. The quantitative estimate of drug-likeness (QED) is 0.261. The van der Waals surface area contributed by atoms with Crippen LogP contribution in [0.15, 0.2) is 66.7 Å². The van der Waals surface area contributed by atoms with Gasteiger partial charge in [0.25, 0.3) is 0 Å². The Morgan fingerprint density at radius 2 is 1.67 bits per heavy atom. The molecule has 0 fully saturated rings. The summed E-state index contributed by atoms with van der Waals surface area (Å²) >= 11 is 0. The Kier molecular flexibility index (Phi) is 7.28. The van der Waals surface area contributed by atoms with Crippen molar-refractivity contribution < 1.29 is 23.7 Å². The van der Waals surface area contributed by atoms with Crippen molar-refractivity contribution in [1.29, 1.82) is 0 Å². The predicted molar refractivity (Wildman–Crippen MR) is 101 cm³/mol. The van der Waals surface area contributed by atoms with E-state index < -0.39 is 17.7 Å². The van der Waals surface area contributed by atoms with Gasteiger partial charge in [-0.3, -0.25) is 0 Å². The van der Waals surface area contributed by atoms with Crippen LogP contribution in [0.5, 0.6) is 0 Å². The van der Waals surface area contributed by atoms with Gasteiger partial charge >= 0.3 is 5.97 Å². The maximum atomic E-state index is 13.3. The maximum Gasteiger partial charge on any atom is 0.336 e. The summed E-state index contributed by atoms with van der Waals surface area (Å²) in [7, 11) is 1.27. The van der Waals surface area contributed by atoms with Gasteiger partial charge in [-0.25, -0.2) is 19.0 Å². The van der Waals surface area contributed by atoms with E-state index in [1.54, 1.807) is 0 Å². The molecule has 2 aromatic carbocycles. The molecule has 0 saturated heterocycles. The van der Waals surface area contributed by atoms with E-state index in [4.69, 9.17) is 14.5 Å². The van der Waals surface area contributed by atoms with Crippen molar-refractivity contribution in [3.05, 3.63) is 83.7 Å². The first-order valence-corrected chi connectivity index (χ1v) is 8.90. The molecule has 0 amide bonds. The summed E-state index contributed by atoms with van der Waals surface area (Å²) in [4.78, 5) is 23.6. The fraction of sp³-hybridized carbons (Fsp3) is 0.318. The molecular weight excluding hydrogens is 347 g/mol. The molecule has 0 heterocycles. The van der Waals surface area contributed by atoms with Crippen LogP contribution in [0.25, 0.3) is 0 Å². The number of hydrogen-bond acceptors (Lipinski definition) is 4. The largest absolute Gasteiger partial charge is 0.466 e. The van der Waals surface area contributed by atoms with Gasteiger partial charge in [-0.1, -0.05) is 62.9 Å². The van der Waals surface area contributed by atoms with Crippen molar-refractivity contribution in [2.45, 2.75) is 38.4 Å². The molecule has 144 valence electrons. The summed E-state index contributed by atoms with van der Waals surface area (Å²) in [5, 5.41) is 0. The number of benzene rings is 2. The second-order valence-corrected chi connectivity index (χ2v) is 6.20. The Morgan fingerprint density at radius 1 is 1.07 bits per heavy atom. The van der Waals surface area contributed by atoms with Crippen molar-refractivity contribution >= 4 is 5.97 Å². The zero-order chi connectivity index (χ0) is 19.9. The summed E-state index contributed by atoms with van der Waals surface area (Å²) in [5.41, 5.74) is 0.895. The summed E-state index contributed by atoms with van der Waals surface area (Å²) in [6.45, 7) is 7.78. The molecule has 0 aromatic heterocycles. The van der Waals surface area contributed by atoms with Crippen LogP contribution in [-0.2, 0) is 24.9 Å². The number of hydrogen-bond donors (Lipinski definition) is 0. The third-order valence-electron chi connectivity index (χ3n) is 4.68. The van der Waals surface area contributed by atoms with Gasteiger partial charge in [0.15, 0.2) is 0 Å². The van der Waals surface area contributed by atoms with Crippen LogP contribution in [0.3, 0.4) is 0 Å². The van der Waals surface area contributed by atoms with Gasteiger partial charge < -0.3 is 4.74 Å². The van der Waals surface area contributed by atoms with Crippen LogP contribution in [-0.4, -0.2) is 13.1 Å². The van der Waals surface area contributed by atoms with Crippen LogP contribution >= 0.6 is 0 Å². The lowest BCUT2D eigenvalue weighted by molar-refractivity contribution is -0.388. The molecule has 2 rings (SSSR count). The molecule has 1 atom stereocenters. The molecule has 0 aliphatic rings. The Labute approximate surface area is 159 Å². The molecular formula is C22H25FO4. The van der Waals surface area contributed by atoms with Crippen molar-refractivity contribution in [3.8, 4) is 0 Å². The van der Waals surface area contributed by atoms with Crippen LogP contribution in [0.1, 0.15) is 43.9 Å². The molecule has 27 heavy (non-hydrogen) atoms. The highest BCUT2D eigenvalue weighted by molar-refractivity contribution is 5.89. The molecule has 0 aliphatic heterocycles. The van der Waals surface area contributed by atoms with Crippen LogP contribution < -0.4 is 0 Å². The summed E-state index contributed by atoms with van der Waals surface area (Å²) in [5.74, 6) is -1.01. The van der Waals surface area contributed by atoms with Gasteiger partial charge in [0.05, 0.1) is 12.7 Å². The SMILES string of the molecule is C=C(C(=O)OC)[C@@H](OOC(CC)(CC)c1ccccc1)c1ccc(F)cc1. The van der Waals surface area contributed by atoms with Gasteiger partial charge in [-0.05, 0) is 36.1 Å². The first-order chi connectivity index (χ1) is 13.0. The molecule has 0 bridgehead atoms. The number of carbonyl (C=O) groups excluding carboxylic acids is 1. The lowest BCUT2D eigenvalue weighted by Crippen LogP contribution is -2.30. The number of halogens is 1. The van der Waals surface area contributed by atoms with E-state index >= 15 is 0 Å². The lowest BCUT2D eigenvalue weighted by Gasteiger charge is -2.32. The molecule has 0 unspecified atom stereocenters. The second-order valence-electron chi connectivity index (χ2n) is 6.20. The molecule has 0 radical (unpaired) electrons. The molecule has 4 nitrogen and oxygen atoms in total. The van der Waals surface area contributed by atoms with Crippen LogP contribution in [0.2, 0.25) is 0 Å². The van der Waals surface area contributed by atoms with E-state index in [0.29, 0.717) is 18.4 Å². The highest BCUT2D eigenvalue weighted by Gasteiger charge is 2.34. The monoisotopic (exact) mass is 372 g/mol. The molecule has 5 heteroatoms. The first kappa shape index (κ1) is 20.8. The van der Waals surface area contributed by atoms with Gasteiger partial charge in [-0.15, -0.1) is 0 Å². The van der Waals surface area contributed by atoms with Crippen LogP contribution in [0.4, 0.5) is 4.39 Å². The number of ether oxygens (including phenoxy) is 1. The Balaban J connectivity index is 2.32. The standard InChI is InChI=1S/C22H25FO4/c1-5-22(6-2,18-10-8-7-9-11-18)27-26-20(16(3)21(24)25-4)17-12-14-19(23)15-13-17/h7-15,20H,3,5-6H2,1-2,4H3/t20-/m1/s1. The number of methoxy groups -OCH3 is 1. The van der Waals surface area contributed by atoms with E-state index in [-0.39, 0.29) is 11.4 Å². The highest BCUT2D eigenvalue weighted by Crippen LogP contribution is 2.36. The summed E-state index contributed by atoms with van der Waals surface area (Å²) in [6, 6.07) is 15.4. The predicted octanol–water partition coefficient (Wildman–Crippen LogP) is 5.26. The average molecular weight is 372 g/mol. The molecule has 0 spiro atoms. The summed E-state index contributed by atoms with van der Waals surface area (Å²) < 4.78 is 18.1. The third-order valence-corrected chi connectivity index (χ3v) is 4.68. The Morgan fingerprint density at radius 3 is 2.19 bits per heavy atom. The van der Waals surface area contributed by atoms with Crippen molar-refractivity contribution in [2.24, 2.45) is 0 Å². The maximum absolute atomic E-state index is 13.3. The number of rotatable bonds is 9. The van der Waals surface area contributed by atoms with E-state index in [2.05, 4.69) is 6.58 Å². The van der Waals surface area contributed by atoms with Gasteiger partial charge in [-0.2, -0.15) is 0 Å². The van der Waals surface area contributed by atoms with E-state index in [1.165, 1.54) is 31.4 Å². The van der Waals surface area contributed by atoms with Gasteiger partial charge in [0.1, 0.15) is 17.5 Å². The fourth-order valence-corrected chi connectivity index (χ4v) is 2.90. The van der Waals surface area contributed by atoms with Crippen molar-refractivity contribution in [1.82, 2.24) is 0 Å². The average Bonchev–Trinajstić information content (AvgIpc) is 2.72. The van der Waals surface area contributed by atoms with Crippen molar-refractivity contribution in [3.63, 3.8) is 0 Å². The summed E-state index contributed by atoms with van der Waals surface area (Å²) in [6.07, 6.45) is 0.405. The second kappa shape index (κ2) is 9.44. The fourth-order valence-electron chi connectivity index (χ4n) is 2.90.